The van der Waals surface area contributed by atoms with E-state index in [1.54, 1.807) is 18.2 Å². The normalized spacial score (nSPS) is 15.7. The van der Waals surface area contributed by atoms with Crippen molar-refractivity contribution in [3.8, 4) is 0 Å². The van der Waals surface area contributed by atoms with Gasteiger partial charge in [0.1, 0.15) is 11.7 Å². The van der Waals surface area contributed by atoms with Crippen LogP contribution in [0.4, 0.5) is 0 Å². The summed E-state index contributed by atoms with van der Waals surface area (Å²) in [7, 11) is 0. The molecule has 1 aromatic rings. The van der Waals surface area contributed by atoms with E-state index in [9.17, 15) is 4.79 Å². The number of ketones is 1. The molecule has 0 fully saturated rings. The van der Waals surface area contributed by atoms with Gasteiger partial charge in [-0.15, -0.1) is 0 Å². The number of hydrogen-bond acceptors (Lipinski definition) is 4. The van der Waals surface area contributed by atoms with E-state index in [0.717, 1.165) is 10.4 Å². The van der Waals surface area contributed by atoms with Gasteiger partial charge in [-0.25, -0.2) is 0 Å². The summed E-state index contributed by atoms with van der Waals surface area (Å²) in [6, 6.07) is 7.35. The highest BCUT2D eigenvalue weighted by atomic mass is 16.1. The first kappa shape index (κ1) is 14.3. The van der Waals surface area contributed by atoms with E-state index >= 15 is 0 Å². The summed E-state index contributed by atoms with van der Waals surface area (Å²) in [6.07, 6.45) is 8.19. The second kappa shape index (κ2) is 5.92. The first-order chi connectivity index (χ1) is 9.97. The Labute approximate surface area is 121 Å². The van der Waals surface area contributed by atoms with Crippen molar-refractivity contribution >= 4 is 23.5 Å². The fraction of sp³-hybridized carbons (Fsp3) is 0. The van der Waals surface area contributed by atoms with E-state index < -0.39 is 0 Å². The average Bonchev–Trinajstić information content (AvgIpc) is 2.46. The highest BCUT2D eigenvalue weighted by molar-refractivity contribution is 6.14. The Kier molecular flexibility index (Phi) is 4.04. The molecule has 1 aromatic carbocycles. The average molecular weight is 280 g/mol. The second-order valence-electron chi connectivity index (χ2n) is 4.58. The molecule has 21 heavy (non-hydrogen) atoms. The van der Waals surface area contributed by atoms with Gasteiger partial charge in [-0.2, -0.15) is 0 Å². The molecule has 7 N–H and O–H groups in total. The van der Waals surface area contributed by atoms with Crippen LogP contribution in [-0.4, -0.2) is 11.6 Å². The van der Waals surface area contributed by atoms with Crippen molar-refractivity contribution in [2.75, 3.05) is 0 Å². The molecule has 0 unspecified atom stereocenters. The van der Waals surface area contributed by atoms with Crippen molar-refractivity contribution in [2.24, 2.45) is 17.2 Å². The molecule has 2 rings (SSSR count). The highest BCUT2D eigenvalue weighted by Crippen LogP contribution is 2.12. The Morgan fingerprint density at radius 1 is 1.00 bits per heavy atom. The van der Waals surface area contributed by atoms with Crippen LogP contribution in [0.3, 0.4) is 0 Å². The summed E-state index contributed by atoms with van der Waals surface area (Å²) in [4.78, 5) is 11.9. The Bertz CT molecular complexity index is 786. The number of rotatable bonds is 2. The second-order valence-corrected chi connectivity index (χ2v) is 4.58. The van der Waals surface area contributed by atoms with E-state index in [1.807, 2.05) is 30.3 Å². The molecular weight excluding hydrogens is 264 g/mol. The van der Waals surface area contributed by atoms with Crippen LogP contribution in [0, 0.1) is 5.41 Å². The van der Waals surface area contributed by atoms with Gasteiger partial charge in [0.15, 0.2) is 5.78 Å². The standard InChI is InChI=1S/C16H16N4O/c17-15(18)12-5-2-10(3-6-12)1-4-11-7-8-13(16(19)20)9-14(11)21/h1-9H,17-18H2,(H3,19,20)/b11-4+. The van der Waals surface area contributed by atoms with Crippen molar-refractivity contribution in [3.63, 3.8) is 0 Å². The van der Waals surface area contributed by atoms with Crippen LogP contribution < -0.4 is 27.6 Å². The van der Waals surface area contributed by atoms with Crippen LogP contribution in [0.5, 0.6) is 0 Å². The Balaban J connectivity index is 2.28. The van der Waals surface area contributed by atoms with Gasteiger partial charge < -0.3 is 17.2 Å². The number of allylic oxidation sites excluding steroid dienone is 4. The molecule has 0 bridgehead atoms. The van der Waals surface area contributed by atoms with E-state index in [4.69, 9.17) is 22.6 Å². The zero-order valence-electron chi connectivity index (χ0n) is 11.3. The quantitative estimate of drug-likeness (QED) is 0.328. The fourth-order valence-electron chi connectivity index (χ4n) is 1.81. The summed E-state index contributed by atoms with van der Waals surface area (Å²) in [5.74, 6) is -0.0175. The number of carbonyl (C=O) groups excluding carboxylic acids is 1. The molecular formula is C16H16N4O. The van der Waals surface area contributed by atoms with Crippen LogP contribution in [0.25, 0.3) is 11.9 Å². The third-order valence-electron chi connectivity index (χ3n) is 3.02. The van der Waals surface area contributed by atoms with Crippen molar-refractivity contribution in [1.29, 1.82) is 5.41 Å². The predicted molar refractivity (Wildman–Crippen MR) is 84.2 cm³/mol. The molecule has 5 nitrogen and oxygen atoms in total. The summed E-state index contributed by atoms with van der Waals surface area (Å²) < 4.78 is 0. The van der Waals surface area contributed by atoms with Crippen molar-refractivity contribution in [2.45, 2.75) is 0 Å². The zero-order chi connectivity index (χ0) is 15.4. The highest BCUT2D eigenvalue weighted by Gasteiger charge is 2.10. The molecule has 0 aliphatic heterocycles. The summed E-state index contributed by atoms with van der Waals surface area (Å²) in [5, 5.41) is 8.98. The molecule has 0 spiro atoms. The van der Waals surface area contributed by atoms with E-state index in [0.29, 0.717) is 11.1 Å². The molecule has 0 atom stereocenters. The molecule has 5 heteroatoms. The van der Waals surface area contributed by atoms with Crippen LogP contribution >= 0.6 is 0 Å². The van der Waals surface area contributed by atoms with E-state index in [-0.39, 0.29) is 17.4 Å². The molecule has 0 saturated heterocycles. The SMILES string of the molecule is N=C(N)C1=CC(=O)/C(=C/C=c2ccc(=C(N)N)cc2)C=C1. The van der Waals surface area contributed by atoms with Crippen LogP contribution in [-0.2, 0) is 4.79 Å². The minimum atomic E-state index is -0.171. The monoisotopic (exact) mass is 280 g/mol. The Hall–Kier alpha value is -3.08. The lowest BCUT2D eigenvalue weighted by molar-refractivity contribution is -0.111. The van der Waals surface area contributed by atoms with Crippen LogP contribution in [0.2, 0.25) is 0 Å². The molecule has 0 amide bonds. The summed E-state index contributed by atoms with van der Waals surface area (Å²) in [5.41, 5.74) is 17.3. The molecule has 0 aromatic heterocycles. The van der Waals surface area contributed by atoms with Crippen molar-refractivity contribution < 1.29 is 4.79 Å². The van der Waals surface area contributed by atoms with Crippen molar-refractivity contribution in [3.05, 3.63) is 70.2 Å². The molecule has 0 saturated carbocycles. The van der Waals surface area contributed by atoms with Gasteiger partial charge in [0, 0.05) is 16.4 Å². The third kappa shape index (κ3) is 3.48. The summed E-state index contributed by atoms with van der Waals surface area (Å²) >= 11 is 0. The Morgan fingerprint density at radius 3 is 2.19 bits per heavy atom. The molecule has 0 radical (unpaired) electrons. The number of nitrogens with two attached hydrogens (primary N) is 3. The topological polar surface area (TPSA) is 119 Å². The third-order valence-corrected chi connectivity index (χ3v) is 3.02. The number of carbonyl (C=O) groups is 1. The lowest BCUT2D eigenvalue weighted by Crippen LogP contribution is -2.20. The minimum Gasteiger partial charge on any atom is -0.385 e. The maximum atomic E-state index is 11.9. The smallest absolute Gasteiger partial charge is 0.186 e. The van der Waals surface area contributed by atoms with Crippen molar-refractivity contribution in [1.82, 2.24) is 0 Å². The van der Waals surface area contributed by atoms with Crippen LogP contribution in [0.1, 0.15) is 0 Å². The number of benzene rings is 1. The lowest BCUT2D eigenvalue weighted by atomic mass is 10.00. The van der Waals surface area contributed by atoms with E-state index in [2.05, 4.69) is 0 Å². The fourth-order valence-corrected chi connectivity index (χ4v) is 1.81. The lowest BCUT2D eigenvalue weighted by Gasteiger charge is -2.05. The molecule has 0 heterocycles. The van der Waals surface area contributed by atoms with Crippen LogP contribution in [0.15, 0.2) is 59.7 Å². The van der Waals surface area contributed by atoms with Gasteiger partial charge in [0.05, 0.1) is 0 Å². The van der Waals surface area contributed by atoms with Gasteiger partial charge in [-0.3, -0.25) is 10.2 Å². The predicted octanol–water partition coefficient (Wildman–Crippen LogP) is -0.622. The van der Waals surface area contributed by atoms with Gasteiger partial charge in [0.25, 0.3) is 0 Å². The van der Waals surface area contributed by atoms with Gasteiger partial charge in [-0.05, 0) is 11.3 Å². The van der Waals surface area contributed by atoms with Gasteiger partial charge in [0.2, 0.25) is 0 Å². The largest absolute Gasteiger partial charge is 0.385 e. The number of nitrogens with one attached hydrogen (secondary N) is 1. The van der Waals surface area contributed by atoms with Gasteiger partial charge >= 0.3 is 0 Å². The zero-order valence-corrected chi connectivity index (χ0v) is 11.3. The summed E-state index contributed by atoms with van der Waals surface area (Å²) in [6.45, 7) is 0. The minimum absolute atomic E-state index is 0.117. The molecule has 1 aliphatic rings. The first-order valence-electron chi connectivity index (χ1n) is 6.29. The number of amidine groups is 1. The number of hydrogen-bond donors (Lipinski definition) is 4. The maximum absolute atomic E-state index is 11.9. The first-order valence-corrected chi connectivity index (χ1v) is 6.29. The molecule has 106 valence electrons. The maximum Gasteiger partial charge on any atom is 0.186 e. The van der Waals surface area contributed by atoms with E-state index in [1.165, 1.54) is 6.08 Å². The van der Waals surface area contributed by atoms with Gasteiger partial charge in [-0.1, -0.05) is 48.6 Å². The molecule has 1 aliphatic carbocycles. The Morgan fingerprint density at radius 2 is 1.67 bits per heavy atom.